The summed E-state index contributed by atoms with van der Waals surface area (Å²) in [6.07, 6.45) is 2.24. The van der Waals surface area contributed by atoms with Gasteiger partial charge >= 0.3 is 5.97 Å². The van der Waals surface area contributed by atoms with Crippen LogP contribution in [-0.2, 0) is 11.2 Å². The van der Waals surface area contributed by atoms with Crippen LogP contribution in [0.4, 0.5) is 5.69 Å². The lowest BCUT2D eigenvalue weighted by molar-refractivity contribution is 0.0601. The van der Waals surface area contributed by atoms with Crippen LogP contribution in [0.25, 0.3) is 10.9 Å². The number of pyridine rings is 1. The molecule has 0 saturated carbocycles. The predicted molar refractivity (Wildman–Crippen MR) is 107 cm³/mol. The fraction of sp³-hybridized carbons (Fsp3) is 0.150. The third kappa shape index (κ3) is 3.61. The van der Waals surface area contributed by atoms with E-state index in [1.54, 1.807) is 42.6 Å². The Morgan fingerprint density at radius 1 is 1.07 bits per heavy atom. The van der Waals surface area contributed by atoms with E-state index in [1.807, 2.05) is 6.92 Å². The van der Waals surface area contributed by atoms with Crippen LogP contribution in [-0.4, -0.2) is 24.0 Å². The molecule has 1 amide bonds. The molecule has 5 nitrogen and oxygen atoms in total. The van der Waals surface area contributed by atoms with E-state index in [0.717, 1.165) is 5.56 Å². The number of nitrogens with zero attached hydrogens (tertiary/aromatic N) is 1. The van der Waals surface area contributed by atoms with E-state index in [1.165, 1.54) is 7.11 Å². The average molecular weight is 403 g/mol. The van der Waals surface area contributed by atoms with Crippen molar-refractivity contribution in [2.45, 2.75) is 13.3 Å². The standard InChI is InChI=1S/C20H16Cl2N2O3/c1-3-11-10-23-18-12(16(11)20(26)27-2)6-4-9-15(18)24-19(25)17-13(21)7-5-8-14(17)22/h4-10H,3H2,1-2H3,(H,24,25). The van der Waals surface area contributed by atoms with E-state index >= 15 is 0 Å². The van der Waals surface area contributed by atoms with Crippen LogP contribution in [0.5, 0.6) is 0 Å². The molecular formula is C20H16Cl2N2O3. The molecule has 27 heavy (non-hydrogen) atoms. The van der Waals surface area contributed by atoms with Crippen LogP contribution in [0.2, 0.25) is 10.0 Å². The number of halogens is 2. The van der Waals surface area contributed by atoms with Gasteiger partial charge in [0, 0.05) is 11.6 Å². The number of nitrogens with one attached hydrogen (secondary N) is 1. The third-order valence-corrected chi connectivity index (χ3v) is 4.81. The number of benzene rings is 2. The molecule has 138 valence electrons. The van der Waals surface area contributed by atoms with E-state index in [-0.39, 0.29) is 15.6 Å². The van der Waals surface area contributed by atoms with Crippen LogP contribution >= 0.6 is 23.2 Å². The lowest BCUT2D eigenvalue weighted by Crippen LogP contribution is -2.14. The van der Waals surface area contributed by atoms with Gasteiger partial charge in [-0.1, -0.05) is 48.3 Å². The van der Waals surface area contributed by atoms with Crippen molar-refractivity contribution in [3.8, 4) is 0 Å². The van der Waals surface area contributed by atoms with E-state index in [4.69, 9.17) is 27.9 Å². The summed E-state index contributed by atoms with van der Waals surface area (Å²) in [4.78, 5) is 29.4. The van der Waals surface area contributed by atoms with Crippen molar-refractivity contribution in [1.29, 1.82) is 0 Å². The molecule has 3 aromatic rings. The minimum absolute atomic E-state index is 0.177. The molecule has 2 aromatic carbocycles. The zero-order valence-corrected chi connectivity index (χ0v) is 16.2. The van der Waals surface area contributed by atoms with Gasteiger partial charge in [-0.3, -0.25) is 9.78 Å². The second kappa shape index (κ2) is 7.94. The molecule has 0 spiro atoms. The highest BCUT2D eigenvalue weighted by Crippen LogP contribution is 2.30. The molecule has 7 heteroatoms. The number of esters is 1. The fourth-order valence-electron chi connectivity index (χ4n) is 2.88. The fourth-order valence-corrected chi connectivity index (χ4v) is 3.45. The Hall–Kier alpha value is -2.63. The first-order chi connectivity index (χ1) is 13.0. The van der Waals surface area contributed by atoms with Gasteiger partial charge in [0.2, 0.25) is 0 Å². The van der Waals surface area contributed by atoms with Gasteiger partial charge in [0.05, 0.1) is 39.5 Å². The number of hydrogen-bond acceptors (Lipinski definition) is 4. The number of aromatic nitrogens is 1. The van der Waals surface area contributed by atoms with Crippen LogP contribution < -0.4 is 5.32 Å². The minimum Gasteiger partial charge on any atom is -0.465 e. The van der Waals surface area contributed by atoms with Crippen LogP contribution in [0, 0.1) is 0 Å². The maximum atomic E-state index is 12.7. The number of rotatable bonds is 4. The Balaban J connectivity index is 2.11. The summed E-state index contributed by atoms with van der Waals surface area (Å²) >= 11 is 12.2. The number of aryl methyl sites for hydroxylation is 1. The first-order valence-corrected chi connectivity index (χ1v) is 8.97. The second-order valence-corrected chi connectivity index (χ2v) is 6.57. The number of anilines is 1. The van der Waals surface area contributed by atoms with E-state index < -0.39 is 11.9 Å². The summed E-state index contributed by atoms with van der Waals surface area (Å²) < 4.78 is 4.92. The van der Waals surface area contributed by atoms with E-state index in [2.05, 4.69) is 10.3 Å². The summed E-state index contributed by atoms with van der Waals surface area (Å²) in [5.74, 6) is -0.907. The molecule has 0 bridgehead atoms. The molecule has 1 heterocycles. The van der Waals surface area contributed by atoms with Crippen molar-refractivity contribution in [2.75, 3.05) is 12.4 Å². The van der Waals surface area contributed by atoms with Crippen molar-refractivity contribution in [3.63, 3.8) is 0 Å². The summed E-state index contributed by atoms with van der Waals surface area (Å²) in [6.45, 7) is 1.93. The Morgan fingerprint density at radius 3 is 2.37 bits per heavy atom. The number of hydrogen-bond donors (Lipinski definition) is 1. The van der Waals surface area contributed by atoms with Crippen molar-refractivity contribution in [2.24, 2.45) is 0 Å². The summed E-state index contributed by atoms with van der Waals surface area (Å²) in [6, 6.07) is 10.0. The van der Waals surface area contributed by atoms with Gasteiger partial charge in [-0.2, -0.15) is 0 Å². The highest BCUT2D eigenvalue weighted by Gasteiger charge is 2.20. The Bertz CT molecular complexity index is 1030. The summed E-state index contributed by atoms with van der Waals surface area (Å²) in [5, 5.41) is 3.88. The third-order valence-electron chi connectivity index (χ3n) is 4.18. The zero-order valence-electron chi connectivity index (χ0n) is 14.7. The molecule has 0 aliphatic rings. The molecule has 1 N–H and O–H groups in total. The SMILES string of the molecule is CCc1cnc2c(NC(=O)c3c(Cl)cccc3Cl)cccc2c1C(=O)OC. The van der Waals surface area contributed by atoms with Gasteiger partial charge in [-0.15, -0.1) is 0 Å². The number of fused-ring (bicyclic) bond motifs is 1. The van der Waals surface area contributed by atoms with Gasteiger partial charge in [0.15, 0.2) is 0 Å². The second-order valence-electron chi connectivity index (χ2n) is 5.76. The molecule has 0 fully saturated rings. The highest BCUT2D eigenvalue weighted by molar-refractivity contribution is 6.40. The van der Waals surface area contributed by atoms with E-state index in [0.29, 0.717) is 28.6 Å². The van der Waals surface area contributed by atoms with Gasteiger partial charge in [0.25, 0.3) is 5.91 Å². The smallest absolute Gasteiger partial charge is 0.338 e. The van der Waals surface area contributed by atoms with Crippen molar-refractivity contribution < 1.29 is 14.3 Å². The van der Waals surface area contributed by atoms with Crippen molar-refractivity contribution in [3.05, 3.63) is 69.3 Å². The molecule has 0 radical (unpaired) electrons. The molecular weight excluding hydrogens is 387 g/mol. The van der Waals surface area contributed by atoms with Crippen molar-refractivity contribution in [1.82, 2.24) is 4.98 Å². The van der Waals surface area contributed by atoms with Crippen LogP contribution in [0.15, 0.2) is 42.6 Å². The topological polar surface area (TPSA) is 68.3 Å². The molecule has 3 rings (SSSR count). The Labute approximate surface area is 166 Å². The number of carbonyl (C=O) groups is 2. The first-order valence-electron chi connectivity index (χ1n) is 8.22. The zero-order chi connectivity index (χ0) is 19.6. The normalized spacial score (nSPS) is 10.7. The summed E-state index contributed by atoms with van der Waals surface area (Å²) in [5.41, 5.74) is 2.31. The number of carbonyl (C=O) groups excluding carboxylic acids is 2. The monoisotopic (exact) mass is 402 g/mol. The van der Waals surface area contributed by atoms with Gasteiger partial charge < -0.3 is 10.1 Å². The first kappa shape index (κ1) is 19.1. The summed E-state index contributed by atoms with van der Waals surface area (Å²) in [7, 11) is 1.33. The molecule has 0 aliphatic heterocycles. The van der Waals surface area contributed by atoms with Crippen LogP contribution in [0.1, 0.15) is 33.2 Å². The predicted octanol–water partition coefficient (Wildman–Crippen LogP) is 5.14. The minimum atomic E-state index is -0.459. The Morgan fingerprint density at radius 2 is 1.74 bits per heavy atom. The number of methoxy groups -OCH3 is 1. The van der Waals surface area contributed by atoms with Gasteiger partial charge in [-0.05, 0) is 30.2 Å². The van der Waals surface area contributed by atoms with Gasteiger partial charge in [-0.25, -0.2) is 4.79 Å². The van der Waals surface area contributed by atoms with Crippen molar-refractivity contribution >= 4 is 51.7 Å². The quantitative estimate of drug-likeness (QED) is 0.613. The lowest BCUT2D eigenvalue weighted by atomic mass is 10.0. The molecule has 0 aliphatic carbocycles. The Kier molecular flexibility index (Phi) is 5.63. The van der Waals surface area contributed by atoms with E-state index in [9.17, 15) is 9.59 Å². The lowest BCUT2D eigenvalue weighted by Gasteiger charge is -2.13. The molecule has 0 atom stereocenters. The average Bonchev–Trinajstić information content (AvgIpc) is 2.66. The highest BCUT2D eigenvalue weighted by atomic mass is 35.5. The molecule has 0 unspecified atom stereocenters. The number of para-hydroxylation sites is 1. The number of amides is 1. The maximum absolute atomic E-state index is 12.7. The van der Waals surface area contributed by atoms with Crippen LogP contribution in [0.3, 0.4) is 0 Å². The molecule has 1 aromatic heterocycles. The van der Waals surface area contributed by atoms with Gasteiger partial charge in [0.1, 0.15) is 0 Å². The number of ether oxygens (including phenoxy) is 1. The maximum Gasteiger partial charge on any atom is 0.338 e. The molecule has 0 saturated heterocycles. The largest absolute Gasteiger partial charge is 0.465 e.